The van der Waals surface area contributed by atoms with Gasteiger partial charge in [0.05, 0.1) is 28.5 Å². The number of rotatable bonds is 24. The molecule has 5 fully saturated rings. The number of phenolic OH excluding ortho intramolecular Hbond substituents is 3. The molecule has 4 saturated carbocycles. The van der Waals surface area contributed by atoms with E-state index in [2.05, 4.69) is 37.2 Å². The summed E-state index contributed by atoms with van der Waals surface area (Å²) < 4.78 is 37.7. The van der Waals surface area contributed by atoms with Crippen molar-refractivity contribution in [2.24, 2.45) is 47.3 Å². The Hall–Kier alpha value is -10.0. The number of hydrogen-bond donors (Lipinski definition) is 16. The van der Waals surface area contributed by atoms with E-state index >= 15 is 28.8 Å². The van der Waals surface area contributed by atoms with Gasteiger partial charge in [0.2, 0.25) is 41.6 Å². The van der Waals surface area contributed by atoms with Crippen LogP contribution in [0.4, 0.5) is 0 Å². The number of carbonyl (C=O) groups is 9. The largest absolute Gasteiger partial charge is 0.508 e. The summed E-state index contributed by atoms with van der Waals surface area (Å²) in [6.45, 7) is 10.8. The van der Waals surface area contributed by atoms with E-state index in [1.807, 2.05) is 27.7 Å². The van der Waals surface area contributed by atoms with Crippen LogP contribution in [0.25, 0.3) is 11.1 Å². The van der Waals surface area contributed by atoms with Crippen molar-refractivity contribution in [2.45, 2.75) is 178 Å². The van der Waals surface area contributed by atoms with Gasteiger partial charge in [-0.2, -0.15) is 0 Å². The fraction of sp³-hybridized carbons (Fsp3) is 0.489. The predicted molar refractivity (Wildman–Crippen MR) is 437 cm³/mol. The lowest BCUT2D eigenvalue weighted by Gasteiger charge is -2.54. The van der Waals surface area contributed by atoms with Crippen molar-refractivity contribution in [1.82, 2.24) is 37.2 Å². The second kappa shape index (κ2) is 38.6. The van der Waals surface area contributed by atoms with Crippen molar-refractivity contribution in [1.29, 1.82) is 0 Å². The number of nitrogens with one attached hydrogen (secondary N) is 7. The molecule has 4 aliphatic carbocycles. The lowest BCUT2D eigenvalue weighted by molar-refractivity contribution is -0.277. The third kappa shape index (κ3) is 19.9. The fourth-order valence-electron chi connectivity index (χ4n) is 18.2. The molecule has 0 aromatic heterocycles. The smallest absolute Gasteiger partial charge is 0.257 e. The Balaban J connectivity index is 0.986. The molecule has 0 unspecified atom stereocenters. The standard InChI is InChI=1S/C88H103Cl2N7O24/c1-6-43(21-40(4)5)83(111)96-75-61(102)30-51(34-71(105)93-84(112)47-12-16-66(116-19-17-91-7-2)67(31-47)117-20-18-92-8-3)85(113)94-73-50-32-68(118-64-14-10-45(77(75)106)28-57(64)89)82(121-88-81(110)80(109)79(108)70(39-98)120-88)69(33-50)119-65-15-11-46(29-58(65)90)78(107)76-87(115)95-74(63(104)37-53-48-23-41-22-42(25-48)26-49(53)24-41)56-35-52(99)36-60(101)72(56)55-27-44(9-13-59(55)100)54(38-62(73)103)86(114)97-76/h9-16,27-29,31-33,35-36,40-43,48-49,51,53-54,70,73-81,88,91-92,98-101,106-110H,6-8,17-26,30,34,37-39H2,1-5H3,(H,94,113)(H,95,115)(H,96,111)(H,97,114)(H,93,105,112)/t41?,42?,43-,48?,49?,51+,53?,54-,70-,73-,74+,75+,76+,77-,78-,79-,80+,81-,88+/m1/s1. The van der Waals surface area contributed by atoms with Crippen LogP contribution in [0, 0.1) is 47.3 Å². The van der Waals surface area contributed by atoms with Crippen LogP contribution in [0.1, 0.15) is 174 Å². The lowest BCUT2D eigenvalue weighted by atomic mass is 9.51. The minimum atomic E-state index is -2.24. The molecule has 6 amide bonds. The normalized spacial score (nSPS) is 27.2. The van der Waals surface area contributed by atoms with E-state index in [1.54, 1.807) is 6.92 Å². The average molecular weight is 1710 g/mol. The summed E-state index contributed by atoms with van der Waals surface area (Å²) in [6, 6.07) is 11.2. The third-order valence-corrected chi connectivity index (χ3v) is 24.8. The first-order chi connectivity index (χ1) is 57.9. The number of benzene rings is 6. The number of imide groups is 1. The van der Waals surface area contributed by atoms with Crippen molar-refractivity contribution >= 4 is 76.0 Å². The summed E-state index contributed by atoms with van der Waals surface area (Å²) in [4.78, 5) is 140. The number of Topliss-reactive ketones (excluding diaryl/α,β-unsaturated/α-hetero) is 3. The van der Waals surface area contributed by atoms with Crippen LogP contribution in [-0.2, 0) is 43.1 Å². The highest BCUT2D eigenvalue weighted by molar-refractivity contribution is 6.32. The minimum Gasteiger partial charge on any atom is -0.508 e. The highest BCUT2D eigenvalue weighted by Gasteiger charge is 2.51. The molecular formula is C88H103Cl2N7O24. The van der Waals surface area contributed by atoms with E-state index < -0.39 is 204 Å². The zero-order valence-corrected chi connectivity index (χ0v) is 68.9. The molecule has 10 aliphatic rings. The zero-order chi connectivity index (χ0) is 86.5. The Morgan fingerprint density at radius 2 is 1.24 bits per heavy atom. The maximum absolute atomic E-state index is 16.7. The van der Waals surface area contributed by atoms with Gasteiger partial charge in [-0.15, -0.1) is 0 Å². The van der Waals surface area contributed by atoms with Crippen molar-refractivity contribution in [3.05, 3.63) is 140 Å². The van der Waals surface area contributed by atoms with E-state index in [9.17, 15) is 60.3 Å². The molecule has 121 heavy (non-hydrogen) atoms. The number of ether oxygens (including phenoxy) is 6. The quantitative estimate of drug-likeness (QED) is 0.0258. The number of carbonyl (C=O) groups excluding carboxylic acids is 9. The number of hydrogen-bond acceptors (Lipinski definition) is 26. The molecule has 0 radical (unpaired) electrons. The molecule has 648 valence electrons. The summed E-state index contributed by atoms with van der Waals surface area (Å²) in [7, 11) is 0. The topological polar surface area (TPSA) is 475 Å². The summed E-state index contributed by atoms with van der Waals surface area (Å²) in [5.74, 6) is -16.8. The van der Waals surface area contributed by atoms with E-state index in [1.165, 1.54) is 60.7 Å². The first-order valence-electron chi connectivity index (χ1n) is 41.2. The van der Waals surface area contributed by atoms with Crippen LogP contribution >= 0.6 is 23.2 Å². The van der Waals surface area contributed by atoms with Crippen molar-refractivity contribution in [2.75, 3.05) is 46.0 Å². The Bertz CT molecular complexity index is 4880. The Kier molecular flexibility index (Phi) is 28.3. The first kappa shape index (κ1) is 88.7. The van der Waals surface area contributed by atoms with Gasteiger partial charge in [-0.05, 0) is 194 Å². The van der Waals surface area contributed by atoms with Crippen LogP contribution < -0.4 is 60.9 Å². The molecule has 6 aliphatic heterocycles. The second-order valence-electron chi connectivity index (χ2n) is 32.9. The van der Waals surface area contributed by atoms with Crippen LogP contribution in [0.15, 0.2) is 97.1 Å². The summed E-state index contributed by atoms with van der Waals surface area (Å²) in [5, 5.41) is 124. The number of aliphatic hydroxyl groups excluding tert-OH is 6. The van der Waals surface area contributed by atoms with Gasteiger partial charge >= 0.3 is 0 Å². The molecule has 6 aromatic rings. The lowest BCUT2D eigenvalue weighted by Crippen LogP contribution is -2.60. The molecule has 14 atom stereocenters. The van der Waals surface area contributed by atoms with Gasteiger partial charge in [-0.25, -0.2) is 0 Å². The van der Waals surface area contributed by atoms with Crippen LogP contribution in [0.3, 0.4) is 0 Å². The number of fused-ring (bicyclic) bond motifs is 15. The monoisotopic (exact) mass is 1710 g/mol. The maximum Gasteiger partial charge on any atom is 0.257 e. The Morgan fingerprint density at radius 1 is 0.612 bits per heavy atom. The Labute approximate surface area is 707 Å². The van der Waals surface area contributed by atoms with E-state index in [-0.39, 0.29) is 122 Å². The van der Waals surface area contributed by atoms with Gasteiger partial charge in [0.25, 0.3) is 5.91 Å². The van der Waals surface area contributed by atoms with E-state index in [0.717, 1.165) is 68.5 Å². The molecule has 6 aromatic carbocycles. The SMILES string of the molecule is CCNCCOc1ccc(C(=O)NC(=O)C[C@@H]2CC(=O)[C@H](NC(=O)[C@H](CC)CC(C)C)[C@H](O)c3ccc(c(Cl)c3)Oc3cc4cc(c3O[C@@H]3O[C@H](CO)[C@@H](O)[C@H](O)[C@H]3O)Oc3ccc(cc3Cl)[C@@H](O)[C@@H]3NC(=O)[C@H](CC(=O)[C@@H]4NC2=O)c2ccc(O)c(c2)-c2c(O)cc(O)cc2[C@@H](C(=O)CC2C4CC5CC(C4)CC2C5)NC3=O)cc1OCCNCC. The molecule has 33 heteroatoms. The van der Waals surface area contributed by atoms with Gasteiger partial charge in [-0.1, -0.05) is 76.0 Å². The average Bonchev–Trinajstić information content (AvgIpc) is 0.753. The van der Waals surface area contributed by atoms with Crippen molar-refractivity contribution in [3.8, 4) is 68.6 Å². The number of amides is 6. The molecule has 1 saturated heterocycles. The van der Waals surface area contributed by atoms with Crippen LogP contribution in [-0.4, -0.2) is 188 Å². The number of ketones is 3. The molecular weight excluding hydrogens is 1610 g/mol. The van der Waals surface area contributed by atoms with Gasteiger partial charge in [0.1, 0.15) is 103 Å². The summed E-state index contributed by atoms with van der Waals surface area (Å²) >= 11 is 14.4. The zero-order valence-electron chi connectivity index (χ0n) is 67.4. The molecule has 16 rings (SSSR count). The number of aliphatic hydroxyl groups is 6. The number of phenols is 3. The maximum atomic E-state index is 16.7. The molecule has 6 heterocycles. The van der Waals surface area contributed by atoms with E-state index in [0.29, 0.717) is 44.4 Å². The van der Waals surface area contributed by atoms with Gasteiger partial charge in [-0.3, -0.25) is 48.5 Å². The second-order valence-corrected chi connectivity index (χ2v) is 33.7. The first-order valence-corrected chi connectivity index (χ1v) is 42.0. The van der Waals surface area contributed by atoms with Crippen LogP contribution in [0.5, 0.6) is 57.5 Å². The summed E-state index contributed by atoms with van der Waals surface area (Å²) in [6.07, 6.45) is -12.0. The van der Waals surface area contributed by atoms with Crippen molar-refractivity contribution < 1.29 is 118 Å². The number of halogens is 2. The van der Waals surface area contributed by atoms with Crippen LogP contribution in [0.2, 0.25) is 10.0 Å². The van der Waals surface area contributed by atoms with Crippen molar-refractivity contribution in [3.63, 3.8) is 0 Å². The predicted octanol–water partition coefficient (Wildman–Crippen LogP) is 7.68. The highest BCUT2D eigenvalue weighted by Crippen LogP contribution is 2.58. The van der Waals surface area contributed by atoms with Gasteiger partial charge in [0, 0.05) is 67.4 Å². The minimum absolute atomic E-state index is 0.0501. The molecule has 15 bridgehead atoms. The number of likely N-dealkylation sites (N-methyl/N-ethyl adjacent to an activating group) is 2. The fourth-order valence-corrected chi connectivity index (χ4v) is 18.6. The third-order valence-electron chi connectivity index (χ3n) is 24.2. The molecule has 16 N–H and O–H groups in total. The van der Waals surface area contributed by atoms with E-state index in [4.69, 9.17) is 51.6 Å². The summed E-state index contributed by atoms with van der Waals surface area (Å²) in [5.41, 5.74) is -1.77. The molecule has 31 nitrogen and oxygen atoms in total. The highest BCUT2D eigenvalue weighted by atomic mass is 35.5. The Morgan fingerprint density at radius 3 is 1.85 bits per heavy atom. The molecule has 0 spiro atoms. The van der Waals surface area contributed by atoms with Gasteiger partial charge in [0.15, 0.2) is 40.3 Å². The van der Waals surface area contributed by atoms with Gasteiger partial charge < -0.3 is 106 Å². The number of aromatic hydroxyl groups is 3.